The zero-order valence-corrected chi connectivity index (χ0v) is 9.59. The first-order valence-corrected chi connectivity index (χ1v) is 5.56. The van der Waals surface area contributed by atoms with Gasteiger partial charge >= 0.3 is 0 Å². The van der Waals surface area contributed by atoms with Crippen LogP contribution in [0.4, 0.5) is 8.78 Å². The van der Waals surface area contributed by atoms with Gasteiger partial charge in [-0.2, -0.15) is 0 Å². The van der Waals surface area contributed by atoms with E-state index in [1.807, 2.05) is 22.6 Å². The van der Waals surface area contributed by atoms with E-state index < -0.39 is 11.6 Å². The van der Waals surface area contributed by atoms with Gasteiger partial charge in [0.05, 0.1) is 3.57 Å². The predicted molar refractivity (Wildman–Crippen MR) is 55.6 cm³/mol. The van der Waals surface area contributed by atoms with Crippen LogP contribution in [0.5, 0.6) is 0 Å². The van der Waals surface area contributed by atoms with Crippen LogP contribution in [0.3, 0.4) is 0 Å². The summed E-state index contributed by atoms with van der Waals surface area (Å²) in [5, 5.41) is 0. The molecule has 0 bridgehead atoms. The molecule has 4 heteroatoms. The summed E-state index contributed by atoms with van der Waals surface area (Å²) in [6.07, 6.45) is 1.77. The van der Waals surface area contributed by atoms with Crippen molar-refractivity contribution >= 4 is 34.4 Å². The van der Waals surface area contributed by atoms with Gasteiger partial charge in [-0.15, -0.1) is 11.8 Å². The van der Waals surface area contributed by atoms with Gasteiger partial charge < -0.3 is 0 Å². The van der Waals surface area contributed by atoms with Crippen molar-refractivity contribution in [2.45, 2.75) is 11.8 Å². The average molecular weight is 300 g/mol. The highest BCUT2D eigenvalue weighted by Gasteiger charge is 2.12. The van der Waals surface area contributed by atoms with Crippen molar-refractivity contribution in [3.8, 4) is 0 Å². The SMILES string of the molecule is CSc1cc(I)c(F)c(C)c1F. The molecular formula is C8H7F2IS. The summed E-state index contributed by atoms with van der Waals surface area (Å²) in [6.45, 7) is 1.45. The lowest BCUT2D eigenvalue weighted by Crippen LogP contribution is -1.94. The van der Waals surface area contributed by atoms with Gasteiger partial charge in [0.1, 0.15) is 11.6 Å². The summed E-state index contributed by atoms with van der Waals surface area (Å²) >= 11 is 3.15. The highest BCUT2D eigenvalue weighted by molar-refractivity contribution is 14.1. The highest BCUT2D eigenvalue weighted by atomic mass is 127. The van der Waals surface area contributed by atoms with Gasteiger partial charge in [0.15, 0.2) is 0 Å². The van der Waals surface area contributed by atoms with Crippen LogP contribution in [0.15, 0.2) is 11.0 Å². The van der Waals surface area contributed by atoms with Crippen molar-refractivity contribution < 1.29 is 8.78 Å². The molecule has 0 saturated carbocycles. The zero-order chi connectivity index (χ0) is 9.30. The number of thioether (sulfide) groups is 1. The fraction of sp³-hybridized carbons (Fsp3) is 0.250. The molecule has 0 fully saturated rings. The van der Waals surface area contributed by atoms with Crippen molar-refractivity contribution in [3.63, 3.8) is 0 Å². The lowest BCUT2D eigenvalue weighted by Gasteiger charge is -2.05. The van der Waals surface area contributed by atoms with Crippen LogP contribution in [-0.2, 0) is 0 Å². The summed E-state index contributed by atoms with van der Waals surface area (Å²) in [5.41, 5.74) is 0.103. The van der Waals surface area contributed by atoms with Crippen molar-refractivity contribution in [1.82, 2.24) is 0 Å². The van der Waals surface area contributed by atoms with Crippen LogP contribution in [-0.4, -0.2) is 6.26 Å². The summed E-state index contributed by atoms with van der Waals surface area (Å²) in [7, 11) is 0. The summed E-state index contributed by atoms with van der Waals surface area (Å²) in [4.78, 5) is 0.498. The Bertz CT molecular complexity index is 312. The van der Waals surface area contributed by atoms with Crippen LogP contribution in [0, 0.1) is 22.1 Å². The monoisotopic (exact) mass is 300 g/mol. The fourth-order valence-electron chi connectivity index (χ4n) is 0.851. The van der Waals surface area contributed by atoms with Gasteiger partial charge in [0.25, 0.3) is 0 Å². The minimum atomic E-state index is -0.453. The lowest BCUT2D eigenvalue weighted by atomic mass is 10.2. The standard InChI is InChI=1S/C8H7F2IS/c1-4-7(9)5(11)3-6(12-2)8(4)10/h3H,1-2H3. The molecule has 0 unspecified atom stereocenters. The molecule has 0 N–H and O–H groups in total. The normalized spacial score (nSPS) is 10.4. The van der Waals surface area contributed by atoms with E-state index in [0.29, 0.717) is 8.47 Å². The topological polar surface area (TPSA) is 0 Å². The van der Waals surface area contributed by atoms with Gasteiger partial charge in [-0.05, 0) is 41.8 Å². The Morgan fingerprint density at radius 1 is 1.33 bits per heavy atom. The second-order valence-corrected chi connectivity index (χ2v) is 4.32. The molecule has 12 heavy (non-hydrogen) atoms. The average Bonchev–Trinajstić information content (AvgIpc) is 2.08. The maximum Gasteiger partial charge on any atom is 0.142 e. The summed E-state index contributed by atoms with van der Waals surface area (Å²) < 4.78 is 26.7. The molecule has 1 aromatic carbocycles. The smallest absolute Gasteiger partial charge is 0.142 e. The van der Waals surface area contributed by atoms with E-state index in [4.69, 9.17) is 0 Å². The van der Waals surface area contributed by atoms with Crippen molar-refractivity contribution in [3.05, 3.63) is 26.8 Å². The number of hydrogen-bond donors (Lipinski definition) is 0. The first kappa shape index (κ1) is 10.2. The van der Waals surface area contributed by atoms with E-state index in [1.54, 1.807) is 6.26 Å². The van der Waals surface area contributed by atoms with Crippen LogP contribution >= 0.6 is 34.4 Å². The number of halogens is 3. The van der Waals surface area contributed by atoms with Crippen molar-refractivity contribution in [1.29, 1.82) is 0 Å². The summed E-state index contributed by atoms with van der Waals surface area (Å²) in [5.74, 6) is -0.897. The molecule has 0 aliphatic carbocycles. The highest BCUT2D eigenvalue weighted by Crippen LogP contribution is 2.27. The van der Waals surface area contributed by atoms with Crippen LogP contribution in [0.25, 0.3) is 0 Å². The van der Waals surface area contributed by atoms with Gasteiger partial charge in [-0.25, -0.2) is 8.78 Å². The van der Waals surface area contributed by atoms with E-state index in [9.17, 15) is 8.78 Å². The third-order valence-electron chi connectivity index (χ3n) is 1.56. The second-order valence-electron chi connectivity index (χ2n) is 2.31. The summed E-state index contributed by atoms with van der Waals surface area (Å²) in [6, 6.07) is 1.52. The Morgan fingerprint density at radius 3 is 2.42 bits per heavy atom. The van der Waals surface area contributed by atoms with Crippen LogP contribution in [0.1, 0.15) is 5.56 Å². The van der Waals surface area contributed by atoms with Gasteiger partial charge in [-0.1, -0.05) is 0 Å². The second kappa shape index (κ2) is 3.91. The molecule has 0 radical (unpaired) electrons. The molecule has 0 heterocycles. The van der Waals surface area contributed by atoms with Gasteiger partial charge in [0.2, 0.25) is 0 Å². The molecule has 66 valence electrons. The molecule has 0 atom stereocenters. The van der Waals surface area contributed by atoms with E-state index in [-0.39, 0.29) is 5.56 Å². The van der Waals surface area contributed by atoms with Crippen molar-refractivity contribution in [2.24, 2.45) is 0 Å². The minimum Gasteiger partial charge on any atom is -0.205 e. The first-order chi connectivity index (χ1) is 5.57. The molecular weight excluding hydrogens is 293 g/mol. The predicted octanol–water partition coefficient (Wildman–Crippen LogP) is 3.60. The third kappa shape index (κ3) is 1.74. The zero-order valence-electron chi connectivity index (χ0n) is 6.62. The molecule has 1 rings (SSSR count). The number of rotatable bonds is 1. The Kier molecular flexibility index (Phi) is 3.34. The maximum absolute atomic E-state index is 13.2. The van der Waals surface area contributed by atoms with E-state index in [0.717, 1.165) is 0 Å². The molecule has 0 amide bonds. The van der Waals surface area contributed by atoms with Crippen molar-refractivity contribution in [2.75, 3.05) is 6.26 Å². The number of hydrogen-bond acceptors (Lipinski definition) is 1. The van der Waals surface area contributed by atoms with Crippen LogP contribution < -0.4 is 0 Å². The van der Waals surface area contributed by atoms with E-state index >= 15 is 0 Å². The molecule has 0 aromatic heterocycles. The molecule has 0 spiro atoms. The van der Waals surface area contributed by atoms with Gasteiger partial charge in [-0.3, -0.25) is 0 Å². The third-order valence-corrected chi connectivity index (χ3v) is 3.08. The van der Waals surface area contributed by atoms with E-state index in [2.05, 4.69) is 0 Å². The molecule has 0 aliphatic heterocycles. The first-order valence-electron chi connectivity index (χ1n) is 3.26. The Balaban J connectivity index is 3.39. The molecule has 0 nitrogen and oxygen atoms in total. The lowest BCUT2D eigenvalue weighted by molar-refractivity contribution is 0.546. The molecule has 0 aliphatic rings. The van der Waals surface area contributed by atoms with Gasteiger partial charge in [0, 0.05) is 10.5 Å². The Labute approximate surface area is 87.9 Å². The largest absolute Gasteiger partial charge is 0.205 e. The fourth-order valence-corrected chi connectivity index (χ4v) is 2.35. The Hall–Kier alpha value is 0.160. The van der Waals surface area contributed by atoms with E-state index in [1.165, 1.54) is 24.8 Å². The number of benzene rings is 1. The maximum atomic E-state index is 13.2. The quantitative estimate of drug-likeness (QED) is 0.434. The minimum absolute atomic E-state index is 0.103. The Morgan fingerprint density at radius 2 is 1.92 bits per heavy atom. The molecule has 0 saturated heterocycles. The molecule has 1 aromatic rings. The van der Waals surface area contributed by atoms with Crippen LogP contribution in [0.2, 0.25) is 0 Å².